The lowest BCUT2D eigenvalue weighted by molar-refractivity contribution is 0.102. The number of pyridine rings is 1. The third kappa shape index (κ3) is 2.43. The van der Waals surface area contributed by atoms with Gasteiger partial charge >= 0.3 is 0 Å². The Hall–Kier alpha value is -2.20. The number of halogens is 1. The van der Waals surface area contributed by atoms with Gasteiger partial charge in [0.1, 0.15) is 11.4 Å². The molecule has 0 radical (unpaired) electrons. The molecule has 1 aromatic carbocycles. The monoisotopic (exact) mass is 299 g/mol. The Balaban J connectivity index is 2.15. The highest BCUT2D eigenvalue weighted by Gasteiger charge is 2.21. The lowest BCUT2D eigenvalue weighted by Gasteiger charge is -2.07. The van der Waals surface area contributed by atoms with Crippen LogP contribution in [0, 0.1) is 0 Å². The summed E-state index contributed by atoms with van der Waals surface area (Å²) in [5.74, 6) is -0.192. The molecule has 0 saturated carbocycles. The van der Waals surface area contributed by atoms with Crippen molar-refractivity contribution in [2.24, 2.45) is 0 Å². The third-order valence-corrected chi connectivity index (χ3v) is 3.61. The van der Waals surface area contributed by atoms with E-state index in [1.54, 1.807) is 10.9 Å². The molecule has 106 valence electrons. The van der Waals surface area contributed by atoms with Crippen molar-refractivity contribution in [2.75, 3.05) is 0 Å². The first-order valence-electron chi connectivity index (χ1n) is 6.82. The molecule has 2 aromatic heterocycles. The maximum absolute atomic E-state index is 12.8. The molecule has 0 bridgehead atoms. The highest BCUT2D eigenvalue weighted by molar-refractivity contribution is 6.35. The van der Waals surface area contributed by atoms with E-state index < -0.39 is 0 Å². The minimum atomic E-state index is -0.192. The van der Waals surface area contributed by atoms with Crippen LogP contribution in [0.3, 0.4) is 0 Å². The average Bonchev–Trinajstić information content (AvgIpc) is 2.87. The Bertz CT molecular complexity index is 805. The lowest BCUT2D eigenvalue weighted by atomic mass is 10.1. The van der Waals surface area contributed by atoms with Crippen LogP contribution >= 0.6 is 11.6 Å². The van der Waals surface area contributed by atoms with Gasteiger partial charge in [-0.2, -0.15) is 5.10 Å². The number of rotatable bonds is 4. The van der Waals surface area contributed by atoms with E-state index >= 15 is 0 Å². The number of aryl methyl sites for hydroxylation is 1. The van der Waals surface area contributed by atoms with E-state index in [4.69, 9.17) is 11.6 Å². The molecule has 0 atom stereocenters. The van der Waals surface area contributed by atoms with Crippen LogP contribution < -0.4 is 0 Å². The molecule has 0 aliphatic rings. The second-order valence-corrected chi connectivity index (χ2v) is 5.18. The number of aromatic nitrogens is 3. The van der Waals surface area contributed by atoms with Crippen molar-refractivity contribution >= 4 is 28.2 Å². The summed E-state index contributed by atoms with van der Waals surface area (Å²) >= 11 is 6.14. The van der Waals surface area contributed by atoms with E-state index in [9.17, 15) is 4.79 Å². The number of carbonyl (C=O) groups is 1. The highest BCUT2D eigenvalue weighted by Crippen LogP contribution is 2.23. The fourth-order valence-electron chi connectivity index (χ4n) is 2.38. The summed E-state index contributed by atoms with van der Waals surface area (Å²) in [6.45, 7) is 2.68. The van der Waals surface area contributed by atoms with Gasteiger partial charge in [0.05, 0.1) is 11.2 Å². The number of nitrogens with zero attached hydrogens (tertiary/aromatic N) is 3. The van der Waals surface area contributed by atoms with Crippen molar-refractivity contribution in [2.45, 2.75) is 19.9 Å². The summed E-state index contributed by atoms with van der Waals surface area (Å²) in [4.78, 5) is 17.1. The normalized spacial score (nSPS) is 11.0. The second-order valence-electron chi connectivity index (χ2n) is 4.77. The van der Waals surface area contributed by atoms with Gasteiger partial charge in [-0.3, -0.25) is 14.5 Å². The zero-order chi connectivity index (χ0) is 14.8. The Morgan fingerprint density at radius 1 is 1.29 bits per heavy atom. The van der Waals surface area contributed by atoms with Crippen molar-refractivity contribution in [3.05, 3.63) is 59.1 Å². The van der Waals surface area contributed by atoms with Crippen LogP contribution in [0.2, 0.25) is 5.02 Å². The predicted molar refractivity (Wildman–Crippen MR) is 82.7 cm³/mol. The maximum atomic E-state index is 12.8. The molecule has 3 aromatic rings. The first-order valence-corrected chi connectivity index (χ1v) is 7.20. The Kier molecular flexibility index (Phi) is 3.71. The van der Waals surface area contributed by atoms with Gasteiger partial charge in [0.15, 0.2) is 0 Å². The van der Waals surface area contributed by atoms with Gasteiger partial charge in [-0.05, 0) is 17.9 Å². The van der Waals surface area contributed by atoms with Crippen LogP contribution in [-0.4, -0.2) is 20.5 Å². The Morgan fingerprint density at radius 2 is 2.10 bits per heavy atom. The third-order valence-electron chi connectivity index (χ3n) is 3.33. The molecule has 2 heterocycles. The van der Waals surface area contributed by atoms with Gasteiger partial charge in [0, 0.05) is 18.1 Å². The molecule has 21 heavy (non-hydrogen) atoms. The zero-order valence-corrected chi connectivity index (χ0v) is 12.3. The SMILES string of the molecule is CCCn1ncc(Cl)c1C(=O)c1nccc2ccccc12. The smallest absolute Gasteiger partial charge is 0.231 e. The number of ketones is 1. The zero-order valence-electron chi connectivity index (χ0n) is 11.6. The van der Waals surface area contributed by atoms with E-state index in [1.807, 2.05) is 37.3 Å². The van der Waals surface area contributed by atoms with Crippen LogP contribution in [0.5, 0.6) is 0 Å². The minimum Gasteiger partial charge on any atom is -0.285 e. The number of benzene rings is 1. The Labute approximate surface area is 127 Å². The molecule has 0 N–H and O–H groups in total. The molecule has 5 heteroatoms. The molecule has 0 amide bonds. The quantitative estimate of drug-likeness (QED) is 0.690. The lowest BCUT2D eigenvalue weighted by Crippen LogP contribution is -2.13. The van der Waals surface area contributed by atoms with Crippen LogP contribution in [0.25, 0.3) is 10.8 Å². The fraction of sp³-hybridized carbons (Fsp3) is 0.188. The van der Waals surface area contributed by atoms with Gasteiger partial charge in [-0.1, -0.05) is 42.8 Å². The standard InChI is InChI=1S/C16H14ClN3O/c1-2-9-20-15(13(17)10-19-20)16(21)14-12-6-4-3-5-11(12)7-8-18-14/h3-8,10H,2,9H2,1H3. The van der Waals surface area contributed by atoms with Crippen molar-refractivity contribution < 1.29 is 4.79 Å². The van der Waals surface area contributed by atoms with Crippen LogP contribution in [0.4, 0.5) is 0 Å². The number of hydrogen-bond donors (Lipinski definition) is 0. The molecular formula is C16H14ClN3O. The van der Waals surface area contributed by atoms with E-state index in [2.05, 4.69) is 10.1 Å². The topological polar surface area (TPSA) is 47.8 Å². The van der Waals surface area contributed by atoms with Crippen LogP contribution in [0.15, 0.2) is 42.7 Å². The summed E-state index contributed by atoms with van der Waals surface area (Å²) in [7, 11) is 0. The van der Waals surface area contributed by atoms with Gasteiger partial charge in [-0.15, -0.1) is 0 Å². The summed E-state index contributed by atoms with van der Waals surface area (Å²) in [5, 5.41) is 6.34. The fourth-order valence-corrected chi connectivity index (χ4v) is 2.61. The van der Waals surface area contributed by atoms with Gasteiger partial charge in [0.25, 0.3) is 0 Å². The molecule has 3 rings (SSSR count). The van der Waals surface area contributed by atoms with Crippen molar-refractivity contribution in [3.63, 3.8) is 0 Å². The molecule has 0 saturated heterocycles. The van der Waals surface area contributed by atoms with Crippen molar-refractivity contribution in [1.82, 2.24) is 14.8 Å². The first-order chi connectivity index (χ1) is 10.2. The number of hydrogen-bond acceptors (Lipinski definition) is 3. The molecule has 0 aliphatic heterocycles. The Morgan fingerprint density at radius 3 is 2.90 bits per heavy atom. The summed E-state index contributed by atoms with van der Waals surface area (Å²) in [6, 6.07) is 9.57. The number of carbonyl (C=O) groups excluding carboxylic acids is 1. The molecule has 4 nitrogen and oxygen atoms in total. The minimum absolute atomic E-state index is 0.192. The molecule has 0 unspecified atom stereocenters. The van der Waals surface area contributed by atoms with E-state index in [0.717, 1.165) is 17.2 Å². The molecule has 0 aliphatic carbocycles. The number of fused-ring (bicyclic) bond motifs is 1. The maximum Gasteiger partial charge on any atom is 0.231 e. The van der Waals surface area contributed by atoms with Crippen molar-refractivity contribution in [1.29, 1.82) is 0 Å². The van der Waals surface area contributed by atoms with Gasteiger partial charge < -0.3 is 0 Å². The van der Waals surface area contributed by atoms with E-state index in [1.165, 1.54) is 6.20 Å². The molecular weight excluding hydrogens is 286 g/mol. The molecule has 0 fully saturated rings. The largest absolute Gasteiger partial charge is 0.285 e. The second kappa shape index (κ2) is 5.66. The molecule has 0 spiro atoms. The first kappa shape index (κ1) is 13.8. The van der Waals surface area contributed by atoms with Crippen LogP contribution in [-0.2, 0) is 6.54 Å². The average molecular weight is 300 g/mol. The highest BCUT2D eigenvalue weighted by atomic mass is 35.5. The summed E-state index contributed by atoms with van der Waals surface area (Å²) in [6.07, 6.45) is 4.03. The van der Waals surface area contributed by atoms with Gasteiger partial charge in [0.2, 0.25) is 5.78 Å². The summed E-state index contributed by atoms with van der Waals surface area (Å²) in [5.41, 5.74) is 0.815. The van der Waals surface area contributed by atoms with Gasteiger partial charge in [-0.25, -0.2) is 0 Å². The van der Waals surface area contributed by atoms with E-state index in [0.29, 0.717) is 23.0 Å². The van der Waals surface area contributed by atoms with Crippen molar-refractivity contribution in [3.8, 4) is 0 Å². The summed E-state index contributed by atoms with van der Waals surface area (Å²) < 4.78 is 1.65. The van der Waals surface area contributed by atoms with E-state index in [-0.39, 0.29) is 5.78 Å². The predicted octanol–water partition coefficient (Wildman–Crippen LogP) is 3.73. The van der Waals surface area contributed by atoms with Crippen LogP contribution in [0.1, 0.15) is 29.5 Å².